The molecule has 0 aliphatic carbocycles. The molecule has 0 bridgehead atoms. The maximum absolute atomic E-state index is 10.6. The minimum absolute atomic E-state index is 0.157. The van der Waals surface area contributed by atoms with Crippen LogP contribution < -0.4 is 5.32 Å². The molecule has 1 aromatic carbocycles. The van der Waals surface area contributed by atoms with Gasteiger partial charge in [-0.2, -0.15) is 0 Å². The molecule has 0 spiro atoms. The highest BCUT2D eigenvalue weighted by molar-refractivity contribution is 7.13. The van der Waals surface area contributed by atoms with Crippen LogP contribution in [0.1, 0.15) is 5.56 Å². The molecule has 3 aromatic rings. The summed E-state index contributed by atoms with van der Waals surface area (Å²) in [4.78, 5) is 10.3. The number of nitrogens with one attached hydrogen (secondary N) is 1. The van der Waals surface area contributed by atoms with E-state index < -0.39 is 0 Å². The van der Waals surface area contributed by atoms with E-state index in [2.05, 4.69) is 15.5 Å². The molecule has 0 saturated carbocycles. The van der Waals surface area contributed by atoms with Gasteiger partial charge >= 0.3 is 5.00 Å². The summed E-state index contributed by atoms with van der Waals surface area (Å²) in [6.45, 7) is 0.538. The van der Waals surface area contributed by atoms with Gasteiger partial charge in [-0.1, -0.05) is 17.4 Å². The van der Waals surface area contributed by atoms with E-state index in [1.165, 1.54) is 0 Å². The van der Waals surface area contributed by atoms with Gasteiger partial charge in [0.05, 0.1) is 10.6 Å². The summed E-state index contributed by atoms with van der Waals surface area (Å²) in [6, 6.07) is 9.36. The number of hydrogen-bond donors (Lipinski definition) is 1. The van der Waals surface area contributed by atoms with Crippen LogP contribution in [-0.2, 0) is 6.54 Å². The van der Waals surface area contributed by atoms with Gasteiger partial charge in [0.2, 0.25) is 0 Å². The predicted molar refractivity (Wildman–Crippen MR) is 79.7 cm³/mol. The minimum atomic E-state index is -0.374. The van der Waals surface area contributed by atoms with Crippen LogP contribution in [0.15, 0.2) is 48.4 Å². The van der Waals surface area contributed by atoms with Crippen molar-refractivity contribution in [3.05, 3.63) is 64.0 Å². The van der Waals surface area contributed by atoms with Crippen LogP contribution in [0.3, 0.4) is 0 Å². The summed E-state index contributed by atoms with van der Waals surface area (Å²) in [5, 5.41) is 23.4. The Kier molecular flexibility index (Phi) is 3.61. The van der Waals surface area contributed by atoms with E-state index in [0.717, 1.165) is 28.3 Å². The molecule has 106 valence electrons. The molecule has 0 atom stereocenters. The molecular formula is C13H11N5O2S. The number of nitro groups is 1. The van der Waals surface area contributed by atoms with Gasteiger partial charge in [0.1, 0.15) is 12.7 Å². The fraction of sp³-hybridized carbons (Fsp3) is 0.0769. The van der Waals surface area contributed by atoms with Crippen molar-refractivity contribution in [1.29, 1.82) is 0 Å². The molecular weight excluding hydrogens is 290 g/mol. The Balaban J connectivity index is 1.70. The van der Waals surface area contributed by atoms with Gasteiger partial charge in [0.25, 0.3) is 0 Å². The number of rotatable bonds is 5. The molecule has 3 rings (SSSR count). The number of aromatic nitrogens is 3. The molecule has 0 radical (unpaired) electrons. The van der Waals surface area contributed by atoms with Gasteiger partial charge in [-0.15, -0.1) is 10.2 Å². The first-order valence-electron chi connectivity index (χ1n) is 6.13. The molecule has 2 aromatic heterocycles. The van der Waals surface area contributed by atoms with E-state index in [0.29, 0.717) is 6.54 Å². The van der Waals surface area contributed by atoms with Crippen LogP contribution in [-0.4, -0.2) is 19.7 Å². The van der Waals surface area contributed by atoms with Crippen LogP contribution in [0, 0.1) is 10.1 Å². The topological polar surface area (TPSA) is 85.9 Å². The average Bonchev–Trinajstić information content (AvgIpc) is 3.17. The molecule has 0 saturated heterocycles. The Bertz CT molecular complexity index is 754. The van der Waals surface area contributed by atoms with Crippen LogP contribution in [0.5, 0.6) is 0 Å². The van der Waals surface area contributed by atoms with Gasteiger partial charge < -0.3 is 5.32 Å². The Hall–Kier alpha value is -2.74. The second-order valence-electron chi connectivity index (χ2n) is 4.32. The fourth-order valence-corrected chi connectivity index (χ4v) is 2.59. The number of anilines is 1. The third-order valence-corrected chi connectivity index (χ3v) is 3.81. The SMILES string of the molecule is O=[N+]([O-])c1cc(CNc2cccc(-n3cnnc3)c2)cs1. The van der Waals surface area contributed by atoms with Gasteiger partial charge in [-0.3, -0.25) is 14.7 Å². The van der Waals surface area contributed by atoms with E-state index in [4.69, 9.17) is 0 Å². The monoisotopic (exact) mass is 301 g/mol. The lowest BCUT2D eigenvalue weighted by Crippen LogP contribution is -1.99. The fourth-order valence-electron chi connectivity index (χ4n) is 1.87. The van der Waals surface area contributed by atoms with Crippen molar-refractivity contribution in [2.75, 3.05) is 5.32 Å². The second kappa shape index (κ2) is 5.71. The summed E-state index contributed by atoms with van der Waals surface area (Å²) >= 11 is 1.13. The second-order valence-corrected chi connectivity index (χ2v) is 5.21. The summed E-state index contributed by atoms with van der Waals surface area (Å²) in [7, 11) is 0. The highest BCUT2D eigenvalue weighted by Gasteiger charge is 2.09. The molecule has 1 N–H and O–H groups in total. The number of hydrogen-bond acceptors (Lipinski definition) is 6. The standard InChI is InChI=1S/C13H11N5O2S/c19-18(20)13-4-10(7-21-13)6-14-11-2-1-3-12(5-11)17-8-15-16-9-17/h1-5,7-9,14H,6H2. The Labute approximate surface area is 124 Å². The average molecular weight is 301 g/mol. The van der Waals surface area contributed by atoms with Crippen LogP contribution in [0.25, 0.3) is 5.69 Å². The minimum Gasteiger partial charge on any atom is -0.381 e. The Morgan fingerprint density at radius 1 is 1.29 bits per heavy atom. The first kappa shape index (κ1) is 13.3. The maximum atomic E-state index is 10.6. The summed E-state index contributed by atoms with van der Waals surface area (Å²) < 4.78 is 1.81. The van der Waals surface area contributed by atoms with Gasteiger partial charge in [0, 0.05) is 23.7 Å². The third kappa shape index (κ3) is 3.06. The van der Waals surface area contributed by atoms with Crippen molar-refractivity contribution >= 4 is 22.0 Å². The van der Waals surface area contributed by atoms with Crippen LogP contribution >= 0.6 is 11.3 Å². The molecule has 21 heavy (non-hydrogen) atoms. The van der Waals surface area contributed by atoms with E-state index >= 15 is 0 Å². The van der Waals surface area contributed by atoms with Crippen molar-refractivity contribution in [2.45, 2.75) is 6.54 Å². The molecule has 2 heterocycles. The zero-order chi connectivity index (χ0) is 14.7. The molecule has 0 aliphatic heterocycles. The lowest BCUT2D eigenvalue weighted by Gasteiger charge is -2.07. The largest absolute Gasteiger partial charge is 0.381 e. The first-order chi connectivity index (χ1) is 10.2. The third-order valence-electron chi connectivity index (χ3n) is 2.88. The molecule has 0 fully saturated rings. The summed E-state index contributed by atoms with van der Waals surface area (Å²) in [5.41, 5.74) is 2.76. The normalized spacial score (nSPS) is 10.5. The Morgan fingerprint density at radius 3 is 2.81 bits per heavy atom. The van der Waals surface area contributed by atoms with Gasteiger partial charge in [-0.05, 0) is 23.8 Å². The highest BCUT2D eigenvalue weighted by Crippen LogP contribution is 2.23. The van der Waals surface area contributed by atoms with Crippen molar-refractivity contribution < 1.29 is 4.92 Å². The van der Waals surface area contributed by atoms with E-state index in [1.807, 2.05) is 24.3 Å². The molecule has 8 heteroatoms. The quantitative estimate of drug-likeness (QED) is 0.578. The van der Waals surface area contributed by atoms with Crippen molar-refractivity contribution in [2.24, 2.45) is 0 Å². The van der Waals surface area contributed by atoms with E-state index in [9.17, 15) is 10.1 Å². The molecule has 0 amide bonds. The first-order valence-corrected chi connectivity index (χ1v) is 7.01. The molecule has 0 aliphatic rings. The van der Waals surface area contributed by atoms with Gasteiger partial charge in [0.15, 0.2) is 0 Å². The van der Waals surface area contributed by atoms with Crippen LogP contribution in [0.2, 0.25) is 0 Å². The smallest absolute Gasteiger partial charge is 0.324 e. The number of thiophene rings is 1. The highest BCUT2D eigenvalue weighted by atomic mass is 32.1. The lowest BCUT2D eigenvalue weighted by molar-refractivity contribution is -0.380. The Morgan fingerprint density at radius 2 is 2.10 bits per heavy atom. The zero-order valence-corrected chi connectivity index (χ0v) is 11.7. The maximum Gasteiger partial charge on any atom is 0.324 e. The number of benzene rings is 1. The van der Waals surface area contributed by atoms with Gasteiger partial charge in [-0.25, -0.2) is 0 Å². The zero-order valence-electron chi connectivity index (χ0n) is 10.8. The number of nitrogens with zero attached hydrogens (tertiary/aromatic N) is 4. The van der Waals surface area contributed by atoms with E-state index in [-0.39, 0.29) is 9.92 Å². The van der Waals surface area contributed by atoms with Crippen molar-refractivity contribution in [3.63, 3.8) is 0 Å². The molecule has 0 unspecified atom stereocenters. The van der Waals surface area contributed by atoms with Crippen molar-refractivity contribution in [3.8, 4) is 5.69 Å². The predicted octanol–water partition coefficient (Wildman–Crippen LogP) is 2.85. The summed E-state index contributed by atoms with van der Waals surface area (Å²) in [6.07, 6.45) is 3.25. The van der Waals surface area contributed by atoms with Crippen molar-refractivity contribution in [1.82, 2.24) is 14.8 Å². The molecule has 7 nitrogen and oxygen atoms in total. The van der Waals surface area contributed by atoms with Crippen LogP contribution in [0.4, 0.5) is 10.7 Å². The lowest BCUT2D eigenvalue weighted by atomic mass is 10.2. The van der Waals surface area contributed by atoms with E-state index in [1.54, 1.807) is 28.7 Å². The summed E-state index contributed by atoms with van der Waals surface area (Å²) in [5.74, 6) is 0.